The Labute approximate surface area is 134 Å². The number of carbonyl (C=O) groups is 1. The highest BCUT2D eigenvalue weighted by Crippen LogP contribution is 2.20. The largest absolute Gasteiger partial charge is 0.480 e. The molecule has 0 aliphatic heterocycles. The van der Waals surface area contributed by atoms with Crippen molar-refractivity contribution >= 4 is 11.7 Å². The average molecular weight is 317 g/mol. The van der Waals surface area contributed by atoms with Gasteiger partial charge < -0.3 is 15.3 Å². The van der Waals surface area contributed by atoms with E-state index >= 15 is 0 Å². The van der Waals surface area contributed by atoms with E-state index in [2.05, 4.69) is 10.3 Å². The molecule has 2 N–H and O–H groups in total. The highest BCUT2D eigenvalue weighted by molar-refractivity contribution is 5.69. The lowest BCUT2D eigenvalue weighted by molar-refractivity contribution is -0.135. The summed E-state index contributed by atoms with van der Waals surface area (Å²) in [5.74, 6) is -1.20. The highest BCUT2D eigenvalue weighted by atomic mass is 19.1. The maximum Gasteiger partial charge on any atom is 0.317 e. The molecule has 1 aromatic heterocycles. The minimum Gasteiger partial charge on any atom is -0.480 e. The fourth-order valence-electron chi connectivity index (χ4n) is 2.24. The molecule has 0 unspecified atom stereocenters. The number of pyridine rings is 1. The van der Waals surface area contributed by atoms with Crippen LogP contribution in [0, 0.1) is 5.82 Å². The number of carboxylic acids is 1. The summed E-state index contributed by atoms with van der Waals surface area (Å²) in [6, 6.07) is 8.70. The fraction of sp³-hybridized carbons (Fsp3) is 0.294. The van der Waals surface area contributed by atoms with Crippen molar-refractivity contribution in [3.8, 4) is 0 Å². The third-order valence-electron chi connectivity index (χ3n) is 3.51. The quantitative estimate of drug-likeness (QED) is 0.780. The van der Waals surface area contributed by atoms with E-state index in [0.717, 1.165) is 17.5 Å². The Bertz CT molecular complexity index is 650. The van der Waals surface area contributed by atoms with E-state index in [-0.39, 0.29) is 12.4 Å². The van der Waals surface area contributed by atoms with Gasteiger partial charge in [0.05, 0.1) is 12.2 Å². The van der Waals surface area contributed by atoms with Gasteiger partial charge in [0.15, 0.2) is 0 Å². The van der Waals surface area contributed by atoms with E-state index in [1.54, 1.807) is 24.5 Å². The van der Waals surface area contributed by atoms with Crippen LogP contribution in [0.3, 0.4) is 0 Å². The zero-order valence-electron chi connectivity index (χ0n) is 13.0. The first-order valence-electron chi connectivity index (χ1n) is 7.37. The van der Waals surface area contributed by atoms with Gasteiger partial charge in [-0.3, -0.25) is 9.78 Å². The van der Waals surface area contributed by atoms with Crippen LogP contribution in [0.4, 0.5) is 10.1 Å². The summed E-state index contributed by atoms with van der Waals surface area (Å²) >= 11 is 0. The third kappa shape index (κ3) is 5.34. The van der Waals surface area contributed by atoms with Crippen molar-refractivity contribution in [3.63, 3.8) is 0 Å². The molecule has 1 aromatic carbocycles. The Morgan fingerprint density at radius 2 is 2.00 bits per heavy atom. The van der Waals surface area contributed by atoms with E-state index in [1.165, 1.54) is 6.07 Å². The van der Waals surface area contributed by atoms with Crippen molar-refractivity contribution in [2.45, 2.75) is 13.0 Å². The molecule has 6 heteroatoms. The van der Waals surface area contributed by atoms with E-state index < -0.39 is 5.97 Å². The summed E-state index contributed by atoms with van der Waals surface area (Å²) in [4.78, 5) is 16.3. The van der Waals surface area contributed by atoms with Gasteiger partial charge >= 0.3 is 5.97 Å². The summed E-state index contributed by atoms with van der Waals surface area (Å²) in [5.41, 5.74) is 2.50. The number of rotatable bonds is 8. The smallest absolute Gasteiger partial charge is 0.317 e. The predicted octanol–water partition coefficient (Wildman–Crippen LogP) is 2.07. The second-order valence-electron chi connectivity index (χ2n) is 5.31. The number of nitrogens with zero attached hydrogens (tertiary/aromatic N) is 2. The summed E-state index contributed by atoms with van der Waals surface area (Å²) in [5, 5.41) is 11.4. The molecule has 2 aromatic rings. The first-order chi connectivity index (χ1) is 11.1. The molecule has 0 amide bonds. The minimum absolute atomic E-state index is 0.120. The number of nitrogens with one attached hydrogen (secondary N) is 1. The van der Waals surface area contributed by atoms with Crippen LogP contribution in [0.2, 0.25) is 0 Å². The summed E-state index contributed by atoms with van der Waals surface area (Å²) in [7, 11) is 1.84. The molecule has 5 nitrogen and oxygen atoms in total. The maximum atomic E-state index is 14.0. The van der Waals surface area contributed by atoms with E-state index in [9.17, 15) is 9.18 Å². The molecule has 0 aliphatic carbocycles. The minimum atomic E-state index is -0.915. The number of aliphatic carboxylic acids is 1. The van der Waals surface area contributed by atoms with Gasteiger partial charge in [0, 0.05) is 32.5 Å². The van der Waals surface area contributed by atoms with Gasteiger partial charge in [-0.05, 0) is 41.8 Å². The van der Waals surface area contributed by atoms with E-state index in [4.69, 9.17) is 5.11 Å². The molecule has 0 saturated heterocycles. The van der Waals surface area contributed by atoms with Crippen molar-refractivity contribution in [1.82, 2.24) is 10.3 Å². The number of halogens is 1. The molecule has 0 saturated carbocycles. The number of hydrogen-bond acceptors (Lipinski definition) is 4. The van der Waals surface area contributed by atoms with Crippen molar-refractivity contribution in [2.24, 2.45) is 0 Å². The lowest BCUT2D eigenvalue weighted by atomic mass is 10.1. The zero-order valence-corrected chi connectivity index (χ0v) is 13.0. The van der Waals surface area contributed by atoms with Crippen LogP contribution in [-0.2, 0) is 17.8 Å². The number of carboxylic acid groups (broad SMARTS) is 1. The second-order valence-corrected chi connectivity index (χ2v) is 5.31. The van der Waals surface area contributed by atoms with Crippen LogP contribution in [0.25, 0.3) is 0 Å². The molecule has 0 radical (unpaired) electrons. The maximum absolute atomic E-state index is 14.0. The van der Waals surface area contributed by atoms with Crippen molar-refractivity contribution in [3.05, 3.63) is 59.7 Å². The van der Waals surface area contributed by atoms with E-state index in [0.29, 0.717) is 18.8 Å². The molecule has 1 heterocycles. The normalized spacial score (nSPS) is 10.5. The van der Waals surface area contributed by atoms with Crippen molar-refractivity contribution in [2.75, 3.05) is 25.0 Å². The average Bonchev–Trinajstić information content (AvgIpc) is 2.55. The first-order valence-corrected chi connectivity index (χ1v) is 7.37. The Morgan fingerprint density at radius 1 is 1.26 bits per heavy atom. The second kappa shape index (κ2) is 8.24. The molecule has 2 rings (SSSR count). The topological polar surface area (TPSA) is 65.5 Å². The van der Waals surface area contributed by atoms with Gasteiger partial charge in [0.25, 0.3) is 0 Å². The third-order valence-corrected chi connectivity index (χ3v) is 3.51. The molecule has 0 fully saturated rings. The molecular formula is C17H20FN3O2. The number of likely N-dealkylation sites (N-methyl/N-ethyl adjacent to an activating group) is 1. The van der Waals surface area contributed by atoms with Gasteiger partial charge in [0.2, 0.25) is 0 Å². The molecule has 0 bridgehead atoms. The number of anilines is 1. The SMILES string of the molecule is CN(CCc1ccncc1)c1cc(CNCC(=O)O)ccc1F. The molecule has 0 atom stereocenters. The summed E-state index contributed by atoms with van der Waals surface area (Å²) in [6.07, 6.45) is 4.27. The number of benzene rings is 1. The Hall–Kier alpha value is -2.47. The monoisotopic (exact) mass is 317 g/mol. The zero-order chi connectivity index (χ0) is 16.7. The number of hydrogen-bond donors (Lipinski definition) is 2. The summed E-state index contributed by atoms with van der Waals surface area (Å²) in [6.45, 7) is 0.940. The summed E-state index contributed by atoms with van der Waals surface area (Å²) < 4.78 is 14.0. The molecular weight excluding hydrogens is 297 g/mol. The molecule has 0 spiro atoms. The highest BCUT2D eigenvalue weighted by Gasteiger charge is 2.09. The lowest BCUT2D eigenvalue weighted by Crippen LogP contribution is -2.23. The Morgan fingerprint density at radius 3 is 2.70 bits per heavy atom. The Kier molecular flexibility index (Phi) is 6.05. The first kappa shape index (κ1) is 16.9. The van der Waals surface area contributed by atoms with Crippen LogP contribution in [0.5, 0.6) is 0 Å². The van der Waals surface area contributed by atoms with Crippen LogP contribution in [0.1, 0.15) is 11.1 Å². The van der Waals surface area contributed by atoms with Crippen LogP contribution in [-0.4, -0.2) is 36.2 Å². The molecule has 122 valence electrons. The van der Waals surface area contributed by atoms with Gasteiger partial charge in [-0.25, -0.2) is 4.39 Å². The molecule has 23 heavy (non-hydrogen) atoms. The number of aromatic nitrogens is 1. The van der Waals surface area contributed by atoms with Gasteiger partial charge in [-0.15, -0.1) is 0 Å². The van der Waals surface area contributed by atoms with Crippen LogP contribution < -0.4 is 10.2 Å². The van der Waals surface area contributed by atoms with Crippen molar-refractivity contribution in [1.29, 1.82) is 0 Å². The fourth-order valence-corrected chi connectivity index (χ4v) is 2.24. The predicted molar refractivity (Wildman–Crippen MR) is 87.0 cm³/mol. The Balaban J connectivity index is 1.98. The van der Waals surface area contributed by atoms with E-state index in [1.807, 2.05) is 24.1 Å². The molecule has 0 aliphatic rings. The standard InChI is InChI=1S/C17H20FN3O2/c1-21(9-6-13-4-7-19-8-5-13)16-10-14(2-3-15(16)18)11-20-12-17(22)23/h2-5,7-8,10,20H,6,9,11-12H2,1H3,(H,22,23). The van der Waals surface area contributed by atoms with Gasteiger partial charge in [-0.1, -0.05) is 6.07 Å². The van der Waals surface area contributed by atoms with Gasteiger partial charge in [-0.2, -0.15) is 0 Å². The van der Waals surface area contributed by atoms with Crippen LogP contribution in [0.15, 0.2) is 42.7 Å². The van der Waals surface area contributed by atoms with Crippen LogP contribution >= 0.6 is 0 Å². The van der Waals surface area contributed by atoms with Crippen molar-refractivity contribution < 1.29 is 14.3 Å². The lowest BCUT2D eigenvalue weighted by Gasteiger charge is -2.21. The van der Waals surface area contributed by atoms with Gasteiger partial charge in [0.1, 0.15) is 5.82 Å².